The second-order valence-corrected chi connectivity index (χ2v) is 5.80. The Kier molecular flexibility index (Phi) is 3.22. The third kappa shape index (κ3) is 2.78. The number of hydrogen-bond acceptors (Lipinski definition) is 1. The first-order valence-electron chi connectivity index (χ1n) is 6.44. The molecule has 1 aromatic rings. The molecule has 1 aliphatic rings. The average molecular weight is 217 g/mol. The smallest absolute Gasteiger partial charge is 0.0342 e. The number of rotatable bonds is 3. The summed E-state index contributed by atoms with van der Waals surface area (Å²) in [6, 6.07) is 9.54. The highest BCUT2D eigenvalue weighted by Gasteiger charge is 2.30. The van der Waals surface area contributed by atoms with Crippen molar-refractivity contribution in [3.8, 4) is 0 Å². The molecular weight excluding hydrogens is 194 g/mol. The van der Waals surface area contributed by atoms with Crippen LogP contribution in [0.25, 0.3) is 0 Å². The van der Waals surface area contributed by atoms with Crippen LogP contribution in [0.1, 0.15) is 45.6 Å². The fourth-order valence-corrected chi connectivity index (χ4v) is 2.63. The van der Waals surface area contributed by atoms with Crippen molar-refractivity contribution >= 4 is 5.69 Å². The molecule has 2 rings (SSSR count). The van der Waals surface area contributed by atoms with Crippen molar-refractivity contribution in [3.63, 3.8) is 0 Å². The van der Waals surface area contributed by atoms with Gasteiger partial charge in [0.2, 0.25) is 0 Å². The molecular formula is C15H23N. The van der Waals surface area contributed by atoms with Crippen LogP contribution in [0.2, 0.25) is 0 Å². The van der Waals surface area contributed by atoms with Gasteiger partial charge in [0.15, 0.2) is 0 Å². The normalized spacial score (nSPS) is 23.3. The van der Waals surface area contributed by atoms with E-state index in [4.69, 9.17) is 0 Å². The van der Waals surface area contributed by atoms with E-state index in [1.165, 1.54) is 30.5 Å². The van der Waals surface area contributed by atoms with Crippen molar-refractivity contribution in [2.45, 2.75) is 52.5 Å². The first-order valence-corrected chi connectivity index (χ1v) is 6.44. The molecule has 1 unspecified atom stereocenters. The maximum absolute atomic E-state index is 3.65. The van der Waals surface area contributed by atoms with Crippen LogP contribution >= 0.6 is 0 Å². The van der Waals surface area contributed by atoms with Gasteiger partial charge in [-0.25, -0.2) is 0 Å². The third-order valence-corrected chi connectivity index (χ3v) is 3.70. The minimum absolute atomic E-state index is 0.529. The van der Waals surface area contributed by atoms with Crippen LogP contribution < -0.4 is 5.32 Å². The van der Waals surface area contributed by atoms with Crippen molar-refractivity contribution in [1.29, 1.82) is 0 Å². The van der Waals surface area contributed by atoms with Crippen LogP contribution in [0.4, 0.5) is 5.69 Å². The van der Waals surface area contributed by atoms with Crippen LogP contribution in [0, 0.1) is 5.41 Å². The molecule has 88 valence electrons. The topological polar surface area (TPSA) is 12.0 Å². The summed E-state index contributed by atoms with van der Waals surface area (Å²) in [4.78, 5) is 0. The van der Waals surface area contributed by atoms with Gasteiger partial charge in [-0.1, -0.05) is 32.9 Å². The van der Waals surface area contributed by atoms with Gasteiger partial charge in [0.05, 0.1) is 0 Å². The molecule has 0 saturated heterocycles. The summed E-state index contributed by atoms with van der Waals surface area (Å²) in [5.41, 5.74) is 3.22. The Hall–Kier alpha value is -0.980. The van der Waals surface area contributed by atoms with Gasteiger partial charge < -0.3 is 5.32 Å². The molecule has 0 heterocycles. The van der Waals surface area contributed by atoms with E-state index in [-0.39, 0.29) is 0 Å². The molecule has 1 aromatic carbocycles. The summed E-state index contributed by atoms with van der Waals surface area (Å²) in [7, 11) is 0. The van der Waals surface area contributed by atoms with Gasteiger partial charge in [0, 0.05) is 11.7 Å². The first-order chi connectivity index (χ1) is 7.59. The minimum Gasteiger partial charge on any atom is -0.382 e. The predicted octanol–water partition coefficient (Wildman–Crippen LogP) is 4.24. The van der Waals surface area contributed by atoms with E-state index < -0.39 is 0 Å². The lowest BCUT2D eigenvalue weighted by molar-refractivity contribution is 0.378. The molecule has 1 nitrogen and oxygen atoms in total. The standard InChI is InChI=1S/C15H23N/c1-4-12-5-7-13(8-6-12)16-14-9-10-15(2,3)11-14/h5-8,14,16H,4,9-11H2,1-3H3. The summed E-state index contributed by atoms with van der Waals surface area (Å²) in [6.45, 7) is 6.94. The maximum atomic E-state index is 3.65. The second-order valence-electron chi connectivity index (χ2n) is 5.80. The second kappa shape index (κ2) is 4.48. The quantitative estimate of drug-likeness (QED) is 0.798. The number of aryl methyl sites for hydroxylation is 1. The molecule has 0 radical (unpaired) electrons. The molecule has 0 spiro atoms. The fraction of sp³-hybridized carbons (Fsp3) is 0.600. The zero-order valence-corrected chi connectivity index (χ0v) is 10.7. The van der Waals surface area contributed by atoms with Crippen LogP contribution in [-0.4, -0.2) is 6.04 Å². The molecule has 1 fully saturated rings. The Morgan fingerprint density at radius 3 is 2.44 bits per heavy atom. The minimum atomic E-state index is 0.529. The van der Waals surface area contributed by atoms with E-state index in [0.29, 0.717) is 11.5 Å². The van der Waals surface area contributed by atoms with Gasteiger partial charge in [-0.15, -0.1) is 0 Å². The Balaban J connectivity index is 1.94. The van der Waals surface area contributed by atoms with Crippen LogP contribution in [0.15, 0.2) is 24.3 Å². The van der Waals surface area contributed by atoms with E-state index in [2.05, 4.69) is 50.4 Å². The van der Waals surface area contributed by atoms with Crippen LogP contribution in [0.3, 0.4) is 0 Å². The average Bonchev–Trinajstić information content (AvgIpc) is 2.59. The van der Waals surface area contributed by atoms with Crippen molar-refractivity contribution in [2.24, 2.45) is 5.41 Å². The van der Waals surface area contributed by atoms with E-state index >= 15 is 0 Å². The lowest BCUT2D eigenvalue weighted by Crippen LogP contribution is -2.17. The molecule has 1 N–H and O–H groups in total. The molecule has 1 atom stereocenters. The molecule has 0 amide bonds. The van der Waals surface area contributed by atoms with Crippen LogP contribution in [0.5, 0.6) is 0 Å². The zero-order chi connectivity index (χ0) is 11.6. The van der Waals surface area contributed by atoms with E-state index in [9.17, 15) is 0 Å². The molecule has 0 bridgehead atoms. The summed E-state index contributed by atoms with van der Waals surface area (Å²) >= 11 is 0. The summed E-state index contributed by atoms with van der Waals surface area (Å²) in [5.74, 6) is 0. The summed E-state index contributed by atoms with van der Waals surface area (Å²) in [5, 5.41) is 3.65. The van der Waals surface area contributed by atoms with E-state index in [0.717, 1.165) is 6.42 Å². The Labute approximate surface area is 99.3 Å². The number of anilines is 1. The fourth-order valence-electron chi connectivity index (χ4n) is 2.63. The van der Waals surface area contributed by atoms with Gasteiger partial charge in [0.25, 0.3) is 0 Å². The highest BCUT2D eigenvalue weighted by Crippen LogP contribution is 2.38. The largest absolute Gasteiger partial charge is 0.382 e. The maximum Gasteiger partial charge on any atom is 0.0342 e. The lowest BCUT2D eigenvalue weighted by atomic mass is 9.92. The zero-order valence-electron chi connectivity index (χ0n) is 10.7. The van der Waals surface area contributed by atoms with Crippen molar-refractivity contribution in [1.82, 2.24) is 0 Å². The predicted molar refractivity (Wildman–Crippen MR) is 70.9 cm³/mol. The molecule has 0 aliphatic heterocycles. The van der Waals surface area contributed by atoms with Gasteiger partial charge in [-0.2, -0.15) is 0 Å². The molecule has 1 aliphatic carbocycles. The van der Waals surface area contributed by atoms with E-state index in [1.807, 2.05) is 0 Å². The number of nitrogens with one attached hydrogen (secondary N) is 1. The molecule has 0 aromatic heterocycles. The number of benzene rings is 1. The van der Waals surface area contributed by atoms with Crippen molar-refractivity contribution in [3.05, 3.63) is 29.8 Å². The van der Waals surface area contributed by atoms with Crippen LogP contribution in [-0.2, 0) is 6.42 Å². The SMILES string of the molecule is CCc1ccc(NC2CCC(C)(C)C2)cc1. The molecule has 1 heteroatoms. The summed E-state index contributed by atoms with van der Waals surface area (Å²) < 4.78 is 0. The summed E-state index contributed by atoms with van der Waals surface area (Å²) in [6.07, 6.45) is 5.07. The van der Waals surface area contributed by atoms with Crippen molar-refractivity contribution in [2.75, 3.05) is 5.32 Å². The highest BCUT2D eigenvalue weighted by molar-refractivity contribution is 5.45. The molecule has 1 saturated carbocycles. The highest BCUT2D eigenvalue weighted by atomic mass is 14.9. The van der Waals surface area contributed by atoms with Gasteiger partial charge in [0.1, 0.15) is 0 Å². The van der Waals surface area contributed by atoms with Gasteiger partial charge in [-0.05, 0) is 48.8 Å². The van der Waals surface area contributed by atoms with Gasteiger partial charge >= 0.3 is 0 Å². The van der Waals surface area contributed by atoms with Gasteiger partial charge in [-0.3, -0.25) is 0 Å². The molecule has 16 heavy (non-hydrogen) atoms. The third-order valence-electron chi connectivity index (χ3n) is 3.70. The van der Waals surface area contributed by atoms with E-state index in [1.54, 1.807) is 0 Å². The lowest BCUT2D eigenvalue weighted by Gasteiger charge is -2.18. The van der Waals surface area contributed by atoms with Crippen molar-refractivity contribution < 1.29 is 0 Å². The Bertz CT molecular complexity index is 337. The number of hydrogen-bond donors (Lipinski definition) is 1. The Morgan fingerprint density at radius 2 is 1.94 bits per heavy atom. The monoisotopic (exact) mass is 217 g/mol. The first kappa shape index (κ1) is 11.5. The Morgan fingerprint density at radius 1 is 1.25 bits per heavy atom.